The fraction of sp³-hybridized carbons (Fsp3) is 0.462. The van der Waals surface area contributed by atoms with Crippen molar-refractivity contribution in [3.05, 3.63) is 24.3 Å². The molecule has 0 aromatic heterocycles. The molecule has 2 aliphatic rings. The average molecular weight is 247 g/mol. The van der Waals surface area contributed by atoms with Gasteiger partial charge in [-0.3, -0.25) is 0 Å². The average Bonchev–Trinajstić information content (AvgIpc) is 2.87. The lowest BCUT2D eigenvalue weighted by atomic mass is 10.0. The van der Waals surface area contributed by atoms with Crippen molar-refractivity contribution in [2.45, 2.75) is 0 Å². The summed E-state index contributed by atoms with van der Waals surface area (Å²) >= 11 is 0. The second-order valence-electron chi connectivity index (χ2n) is 5.20. The van der Waals surface area contributed by atoms with Crippen molar-refractivity contribution in [2.24, 2.45) is 11.8 Å². The van der Waals surface area contributed by atoms with Crippen molar-refractivity contribution in [1.82, 2.24) is 4.90 Å². The molecule has 18 heavy (non-hydrogen) atoms. The molecule has 0 saturated carbocycles. The molecule has 3 N–H and O–H groups in total. The number of nitrogens with zero attached hydrogens (tertiary/aromatic N) is 2. The monoisotopic (exact) mass is 247 g/mol. The van der Waals surface area contributed by atoms with Crippen LogP contribution in [-0.4, -0.2) is 42.3 Å². The van der Waals surface area contributed by atoms with Crippen LogP contribution >= 0.6 is 0 Å². The number of hydrogen-bond donors (Lipinski definition) is 2. The topological polar surface area (TPSA) is 69.8 Å². The van der Waals surface area contributed by atoms with Gasteiger partial charge >= 0.3 is 6.09 Å². The highest BCUT2D eigenvalue weighted by Gasteiger charge is 2.41. The molecule has 2 heterocycles. The zero-order valence-electron chi connectivity index (χ0n) is 10.1. The lowest BCUT2D eigenvalue weighted by Gasteiger charge is -2.22. The summed E-state index contributed by atoms with van der Waals surface area (Å²) in [6.45, 7) is 3.23. The van der Waals surface area contributed by atoms with Crippen LogP contribution in [0.5, 0.6) is 0 Å². The van der Waals surface area contributed by atoms with E-state index >= 15 is 0 Å². The molecule has 2 fully saturated rings. The second kappa shape index (κ2) is 4.08. The van der Waals surface area contributed by atoms with Gasteiger partial charge in [0.05, 0.1) is 0 Å². The number of nitrogen functional groups attached to an aromatic ring is 1. The Morgan fingerprint density at radius 3 is 2.17 bits per heavy atom. The molecule has 5 nitrogen and oxygen atoms in total. The van der Waals surface area contributed by atoms with Gasteiger partial charge in [0.25, 0.3) is 0 Å². The van der Waals surface area contributed by atoms with Crippen LogP contribution in [0.15, 0.2) is 24.3 Å². The van der Waals surface area contributed by atoms with Crippen molar-refractivity contribution in [2.75, 3.05) is 36.8 Å². The molecule has 96 valence electrons. The first-order valence-corrected chi connectivity index (χ1v) is 6.22. The van der Waals surface area contributed by atoms with Gasteiger partial charge in [-0.15, -0.1) is 0 Å². The van der Waals surface area contributed by atoms with Crippen molar-refractivity contribution in [3.8, 4) is 0 Å². The summed E-state index contributed by atoms with van der Waals surface area (Å²) in [5.74, 6) is 0.942. The van der Waals surface area contributed by atoms with E-state index in [0.29, 0.717) is 24.9 Å². The van der Waals surface area contributed by atoms with Crippen molar-refractivity contribution >= 4 is 17.5 Å². The number of fused-ring (bicyclic) bond motifs is 1. The quantitative estimate of drug-likeness (QED) is 0.734. The lowest BCUT2D eigenvalue weighted by Crippen LogP contribution is -2.32. The van der Waals surface area contributed by atoms with Crippen LogP contribution in [0, 0.1) is 11.8 Å². The summed E-state index contributed by atoms with van der Waals surface area (Å²) in [7, 11) is 0. The highest BCUT2D eigenvalue weighted by Crippen LogP contribution is 2.34. The summed E-state index contributed by atoms with van der Waals surface area (Å²) in [6.07, 6.45) is -0.788. The van der Waals surface area contributed by atoms with Gasteiger partial charge < -0.3 is 20.6 Å². The second-order valence-corrected chi connectivity index (χ2v) is 5.20. The van der Waals surface area contributed by atoms with Gasteiger partial charge in [0.15, 0.2) is 0 Å². The van der Waals surface area contributed by atoms with Crippen LogP contribution in [0.25, 0.3) is 0 Å². The van der Waals surface area contributed by atoms with E-state index in [1.807, 2.05) is 24.3 Å². The third-order valence-electron chi connectivity index (χ3n) is 4.02. The highest BCUT2D eigenvalue weighted by atomic mass is 16.4. The minimum Gasteiger partial charge on any atom is -0.465 e. The molecular formula is C13H17N3O2. The Balaban J connectivity index is 1.68. The van der Waals surface area contributed by atoms with Crippen LogP contribution in [0.4, 0.5) is 16.2 Å². The SMILES string of the molecule is Nc1ccc(N2CC3CN(C(=O)O)CC3C2)cc1. The highest BCUT2D eigenvalue weighted by molar-refractivity contribution is 5.65. The van der Waals surface area contributed by atoms with Gasteiger partial charge in [0.1, 0.15) is 0 Å². The number of hydrogen-bond acceptors (Lipinski definition) is 3. The Morgan fingerprint density at radius 2 is 1.67 bits per heavy atom. The molecular weight excluding hydrogens is 230 g/mol. The summed E-state index contributed by atoms with van der Waals surface area (Å²) in [5, 5.41) is 8.98. The van der Waals surface area contributed by atoms with Crippen LogP contribution in [-0.2, 0) is 0 Å². The van der Waals surface area contributed by atoms with E-state index in [-0.39, 0.29) is 0 Å². The molecule has 0 radical (unpaired) electrons. The van der Waals surface area contributed by atoms with Gasteiger partial charge in [-0.1, -0.05) is 0 Å². The van der Waals surface area contributed by atoms with E-state index in [9.17, 15) is 4.79 Å². The van der Waals surface area contributed by atoms with E-state index in [2.05, 4.69) is 4.90 Å². The number of anilines is 2. The minimum absolute atomic E-state index is 0.471. The molecule has 2 atom stereocenters. The number of benzene rings is 1. The molecule has 3 rings (SSSR count). The molecule has 1 aromatic rings. The van der Waals surface area contributed by atoms with E-state index in [4.69, 9.17) is 10.8 Å². The van der Waals surface area contributed by atoms with Crippen LogP contribution in [0.3, 0.4) is 0 Å². The zero-order chi connectivity index (χ0) is 12.7. The molecule has 2 unspecified atom stereocenters. The van der Waals surface area contributed by atoms with Crippen LogP contribution in [0.1, 0.15) is 0 Å². The number of nitrogens with two attached hydrogens (primary N) is 1. The maximum absolute atomic E-state index is 10.9. The van der Waals surface area contributed by atoms with Crippen molar-refractivity contribution in [3.63, 3.8) is 0 Å². The Kier molecular flexibility index (Phi) is 2.54. The molecule has 0 spiro atoms. The number of carbonyl (C=O) groups is 1. The Morgan fingerprint density at radius 1 is 1.11 bits per heavy atom. The normalized spacial score (nSPS) is 26.4. The van der Waals surface area contributed by atoms with Gasteiger partial charge in [0.2, 0.25) is 0 Å². The van der Waals surface area contributed by atoms with Crippen LogP contribution in [0.2, 0.25) is 0 Å². The standard InChI is InChI=1S/C13H17N3O2/c14-11-1-3-12(4-2-11)15-5-9-7-16(13(17)18)8-10(9)6-15/h1-4,9-10H,5-8,14H2,(H,17,18). The fourth-order valence-electron chi connectivity index (χ4n) is 3.05. The first-order valence-electron chi connectivity index (χ1n) is 6.22. The molecule has 0 aliphatic carbocycles. The maximum atomic E-state index is 10.9. The zero-order valence-corrected chi connectivity index (χ0v) is 10.1. The Labute approximate surface area is 106 Å². The van der Waals surface area contributed by atoms with E-state index in [0.717, 1.165) is 18.8 Å². The van der Waals surface area contributed by atoms with Gasteiger partial charge in [-0.25, -0.2) is 4.79 Å². The predicted octanol–water partition coefficient (Wildman–Crippen LogP) is 1.31. The predicted molar refractivity (Wildman–Crippen MR) is 69.6 cm³/mol. The van der Waals surface area contributed by atoms with Crippen molar-refractivity contribution in [1.29, 1.82) is 0 Å². The first kappa shape index (κ1) is 11.2. The van der Waals surface area contributed by atoms with E-state index in [1.54, 1.807) is 0 Å². The van der Waals surface area contributed by atoms with Gasteiger partial charge in [0, 0.05) is 49.4 Å². The van der Waals surface area contributed by atoms with E-state index in [1.165, 1.54) is 10.6 Å². The summed E-state index contributed by atoms with van der Waals surface area (Å²) in [6, 6.07) is 7.89. The molecule has 5 heteroatoms. The molecule has 0 bridgehead atoms. The largest absolute Gasteiger partial charge is 0.465 e. The summed E-state index contributed by atoms with van der Waals surface area (Å²) < 4.78 is 0. The fourth-order valence-corrected chi connectivity index (χ4v) is 3.05. The number of carboxylic acid groups (broad SMARTS) is 1. The molecule has 1 aromatic carbocycles. The van der Waals surface area contributed by atoms with E-state index < -0.39 is 6.09 Å². The molecule has 2 aliphatic heterocycles. The Bertz CT molecular complexity index is 446. The van der Waals surface area contributed by atoms with Gasteiger partial charge in [-0.05, 0) is 24.3 Å². The molecule has 2 saturated heterocycles. The van der Waals surface area contributed by atoms with Crippen LogP contribution < -0.4 is 10.6 Å². The van der Waals surface area contributed by atoms with Gasteiger partial charge in [-0.2, -0.15) is 0 Å². The Hall–Kier alpha value is -1.91. The lowest BCUT2D eigenvalue weighted by molar-refractivity contribution is 0.153. The third kappa shape index (κ3) is 1.85. The number of amides is 1. The smallest absolute Gasteiger partial charge is 0.407 e. The summed E-state index contributed by atoms with van der Waals surface area (Å²) in [5.41, 5.74) is 7.63. The maximum Gasteiger partial charge on any atom is 0.407 e. The number of likely N-dealkylation sites (tertiary alicyclic amines) is 1. The number of rotatable bonds is 1. The molecule has 1 amide bonds. The first-order chi connectivity index (χ1) is 8.63. The summed E-state index contributed by atoms with van der Waals surface area (Å²) in [4.78, 5) is 14.8. The van der Waals surface area contributed by atoms with Crippen molar-refractivity contribution < 1.29 is 9.90 Å². The third-order valence-corrected chi connectivity index (χ3v) is 4.02. The minimum atomic E-state index is -0.788.